The van der Waals surface area contributed by atoms with Gasteiger partial charge < -0.3 is 10.1 Å². The van der Waals surface area contributed by atoms with E-state index in [1.54, 1.807) is 26.2 Å². The topological polar surface area (TPSA) is 84.5 Å². The molecule has 2 rings (SSSR count). The lowest BCUT2D eigenvalue weighted by molar-refractivity contribution is -0.121. The summed E-state index contributed by atoms with van der Waals surface area (Å²) in [4.78, 5) is 12.3. The van der Waals surface area contributed by atoms with Crippen LogP contribution in [0.4, 0.5) is 0 Å². The molecule has 27 heavy (non-hydrogen) atoms. The van der Waals surface area contributed by atoms with Crippen LogP contribution in [0.25, 0.3) is 0 Å². The highest BCUT2D eigenvalue weighted by molar-refractivity contribution is 9.10. The number of nitrogens with one attached hydrogen (secondary N) is 2. The first-order chi connectivity index (χ1) is 12.7. The number of sulfonamides is 1. The summed E-state index contributed by atoms with van der Waals surface area (Å²) in [6.07, 6.45) is 0.0421. The van der Waals surface area contributed by atoms with Crippen molar-refractivity contribution >= 4 is 31.9 Å². The zero-order chi connectivity index (χ0) is 20.0. The summed E-state index contributed by atoms with van der Waals surface area (Å²) in [5.74, 6) is 0.425. The Bertz CT molecular complexity index is 929. The standard InChI is InChI=1S/C19H23BrN2O4S/c1-13-4-7-18(14(2)10-13)27(24,25)22-9-8-19(23)21-12-15-11-16(20)5-6-17(15)26-3/h4-7,10-11,22H,8-9,12H2,1-3H3,(H,21,23). The van der Waals surface area contributed by atoms with Crippen molar-refractivity contribution < 1.29 is 17.9 Å². The van der Waals surface area contributed by atoms with Crippen LogP contribution in [0.2, 0.25) is 0 Å². The Balaban J connectivity index is 1.88. The van der Waals surface area contributed by atoms with E-state index in [0.717, 1.165) is 15.6 Å². The van der Waals surface area contributed by atoms with Gasteiger partial charge in [0.25, 0.3) is 0 Å². The van der Waals surface area contributed by atoms with Gasteiger partial charge in [-0.15, -0.1) is 0 Å². The molecule has 2 N–H and O–H groups in total. The van der Waals surface area contributed by atoms with Gasteiger partial charge in [0.1, 0.15) is 5.75 Å². The summed E-state index contributed by atoms with van der Waals surface area (Å²) in [5, 5.41) is 2.77. The summed E-state index contributed by atoms with van der Waals surface area (Å²) >= 11 is 3.38. The fourth-order valence-electron chi connectivity index (χ4n) is 2.65. The second kappa shape index (κ2) is 9.34. The zero-order valence-corrected chi connectivity index (χ0v) is 17.9. The summed E-state index contributed by atoms with van der Waals surface area (Å²) in [5.41, 5.74) is 2.50. The highest BCUT2D eigenvalue weighted by atomic mass is 79.9. The van der Waals surface area contributed by atoms with Gasteiger partial charge >= 0.3 is 0 Å². The van der Waals surface area contributed by atoms with Crippen LogP contribution in [0.5, 0.6) is 5.75 Å². The van der Waals surface area contributed by atoms with Crippen molar-refractivity contribution in [2.24, 2.45) is 0 Å². The number of ether oxygens (including phenoxy) is 1. The number of carbonyl (C=O) groups excluding carboxylic acids is 1. The molecule has 0 fully saturated rings. The van der Waals surface area contributed by atoms with Crippen molar-refractivity contribution in [1.29, 1.82) is 0 Å². The zero-order valence-electron chi connectivity index (χ0n) is 15.5. The first kappa shape index (κ1) is 21.4. The average Bonchev–Trinajstić information content (AvgIpc) is 2.59. The molecule has 2 aromatic carbocycles. The van der Waals surface area contributed by atoms with Crippen molar-refractivity contribution in [1.82, 2.24) is 10.0 Å². The summed E-state index contributed by atoms with van der Waals surface area (Å²) in [6, 6.07) is 10.7. The van der Waals surface area contributed by atoms with Crippen LogP contribution in [-0.2, 0) is 21.4 Å². The van der Waals surface area contributed by atoms with Crippen molar-refractivity contribution in [3.05, 3.63) is 57.6 Å². The number of carbonyl (C=O) groups is 1. The molecule has 0 unspecified atom stereocenters. The maximum absolute atomic E-state index is 12.4. The van der Waals surface area contributed by atoms with Gasteiger partial charge in [0.15, 0.2) is 0 Å². The summed E-state index contributed by atoms with van der Waals surface area (Å²) in [7, 11) is -2.08. The van der Waals surface area contributed by atoms with E-state index in [4.69, 9.17) is 4.74 Å². The molecule has 0 aliphatic carbocycles. The van der Waals surface area contributed by atoms with Gasteiger partial charge in [0.2, 0.25) is 15.9 Å². The number of halogens is 1. The Morgan fingerprint density at radius 2 is 1.89 bits per heavy atom. The Hall–Kier alpha value is -1.90. The Kier molecular flexibility index (Phi) is 7.41. The minimum atomic E-state index is -3.64. The molecule has 0 spiro atoms. The largest absolute Gasteiger partial charge is 0.496 e. The van der Waals surface area contributed by atoms with Crippen LogP contribution in [0.1, 0.15) is 23.1 Å². The van der Waals surface area contributed by atoms with Crippen LogP contribution in [-0.4, -0.2) is 28.0 Å². The molecule has 2 aromatic rings. The highest BCUT2D eigenvalue weighted by Crippen LogP contribution is 2.22. The lowest BCUT2D eigenvalue weighted by atomic mass is 10.2. The number of rotatable bonds is 8. The molecule has 0 aliphatic rings. The van der Waals surface area contributed by atoms with E-state index in [-0.39, 0.29) is 23.8 Å². The van der Waals surface area contributed by atoms with Crippen LogP contribution in [0.15, 0.2) is 45.8 Å². The molecule has 0 aromatic heterocycles. The second-order valence-electron chi connectivity index (χ2n) is 6.15. The van der Waals surface area contributed by atoms with Crippen molar-refractivity contribution in [3.63, 3.8) is 0 Å². The van der Waals surface area contributed by atoms with Crippen LogP contribution in [0, 0.1) is 13.8 Å². The van der Waals surface area contributed by atoms with Gasteiger partial charge in [-0.2, -0.15) is 0 Å². The maximum atomic E-state index is 12.4. The number of methoxy groups -OCH3 is 1. The van der Waals surface area contributed by atoms with Crippen molar-refractivity contribution in [2.45, 2.75) is 31.7 Å². The molecule has 6 nitrogen and oxygen atoms in total. The first-order valence-corrected chi connectivity index (χ1v) is 10.7. The third kappa shape index (κ3) is 6.05. The predicted molar refractivity (Wildman–Crippen MR) is 108 cm³/mol. The monoisotopic (exact) mass is 454 g/mol. The number of hydrogen-bond donors (Lipinski definition) is 2. The normalized spacial score (nSPS) is 11.3. The highest BCUT2D eigenvalue weighted by Gasteiger charge is 2.16. The smallest absolute Gasteiger partial charge is 0.240 e. The van der Waals surface area contributed by atoms with E-state index in [1.807, 2.05) is 31.2 Å². The number of amides is 1. The minimum Gasteiger partial charge on any atom is -0.496 e. The van der Waals surface area contributed by atoms with Gasteiger partial charge in [-0.05, 0) is 43.7 Å². The molecule has 0 aliphatic heterocycles. The number of aryl methyl sites for hydroxylation is 2. The third-order valence-corrected chi connectivity index (χ3v) is 6.10. The average molecular weight is 455 g/mol. The van der Waals surface area contributed by atoms with Crippen LogP contribution in [0.3, 0.4) is 0 Å². The van der Waals surface area contributed by atoms with E-state index in [1.165, 1.54) is 0 Å². The molecule has 0 atom stereocenters. The van der Waals surface area contributed by atoms with E-state index in [9.17, 15) is 13.2 Å². The Morgan fingerprint density at radius 1 is 1.15 bits per heavy atom. The lowest BCUT2D eigenvalue weighted by Gasteiger charge is -2.11. The first-order valence-electron chi connectivity index (χ1n) is 8.39. The molecule has 0 heterocycles. The molecule has 0 saturated heterocycles. The summed E-state index contributed by atoms with van der Waals surface area (Å²) < 4.78 is 33.4. The SMILES string of the molecule is COc1ccc(Br)cc1CNC(=O)CCNS(=O)(=O)c1ccc(C)cc1C. The molecule has 0 bridgehead atoms. The minimum absolute atomic E-state index is 0.0249. The van der Waals surface area contributed by atoms with Crippen molar-refractivity contribution in [3.8, 4) is 5.75 Å². The van der Waals surface area contributed by atoms with Gasteiger partial charge in [-0.3, -0.25) is 4.79 Å². The third-order valence-electron chi connectivity index (χ3n) is 3.98. The van der Waals surface area contributed by atoms with Gasteiger partial charge in [0.05, 0.1) is 12.0 Å². The molecule has 146 valence electrons. The molecule has 0 radical (unpaired) electrons. The molecule has 8 heteroatoms. The van der Waals surface area contributed by atoms with E-state index >= 15 is 0 Å². The maximum Gasteiger partial charge on any atom is 0.240 e. The molecule has 0 saturated carbocycles. The Labute approximate surface area is 168 Å². The van der Waals surface area contributed by atoms with Gasteiger partial charge in [-0.25, -0.2) is 13.1 Å². The quantitative estimate of drug-likeness (QED) is 0.641. The fraction of sp³-hybridized carbons (Fsp3) is 0.316. The van der Waals surface area contributed by atoms with Crippen molar-refractivity contribution in [2.75, 3.05) is 13.7 Å². The van der Waals surface area contributed by atoms with Gasteiger partial charge in [-0.1, -0.05) is 33.6 Å². The van der Waals surface area contributed by atoms with Crippen LogP contribution < -0.4 is 14.8 Å². The van der Waals surface area contributed by atoms with E-state index in [2.05, 4.69) is 26.0 Å². The molecular formula is C19H23BrN2O4S. The van der Waals surface area contributed by atoms with Gasteiger partial charge in [0, 0.05) is 29.5 Å². The fourth-order valence-corrected chi connectivity index (χ4v) is 4.31. The summed E-state index contributed by atoms with van der Waals surface area (Å²) in [6.45, 7) is 3.98. The molecular weight excluding hydrogens is 432 g/mol. The lowest BCUT2D eigenvalue weighted by Crippen LogP contribution is -2.31. The number of hydrogen-bond acceptors (Lipinski definition) is 4. The Morgan fingerprint density at radius 3 is 2.56 bits per heavy atom. The second-order valence-corrected chi connectivity index (χ2v) is 8.80. The van der Waals surface area contributed by atoms with Crippen LogP contribution >= 0.6 is 15.9 Å². The van der Waals surface area contributed by atoms with E-state index < -0.39 is 10.0 Å². The van der Waals surface area contributed by atoms with E-state index in [0.29, 0.717) is 17.9 Å². The molecule has 1 amide bonds. The number of benzene rings is 2. The predicted octanol–water partition coefficient (Wildman–Crippen LogP) is 3.06.